The summed E-state index contributed by atoms with van der Waals surface area (Å²) in [7, 11) is 3.37. The second kappa shape index (κ2) is 9.05. The topological polar surface area (TPSA) is 50.7 Å². The zero-order valence-electron chi connectivity index (χ0n) is 11.2. The molecule has 102 valence electrons. The fraction of sp³-hybridized carbons (Fsp3) is 0.571. The molecule has 0 bridgehead atoms. The van der Waals surface area contributed by atoms with Gasteiger partial charge in [0.1, 0.15) is 0 Å². The smallest absolute Gasteiger partial charge is 0.0713 e. The number of methoxy groups -OCH3 is 2. The number of hydrogen-bond acceptors (Lipinski definition) is 4. The Labute approximate surface area is 109 Å². The third-order valence-corrected chi connectivity index (χ3v) is 2.74. The fourth-order valence-electron chi connectivity index (χ4n) is 1.86. The summed E-state index contributed by atoms with van der Waals surface area (Å²) in [5.74, 6) is 0. The molecule has 1 unspecified atom stereocenters. The third kappa shape index (κ3) is 5.60. The second-order valence-electron chi connectivity index (χ2n) is 4.30. The van der Waals surface area contributed by atoms with Crippen molar-refractivity contribution in [3.63, 3.8) is 0 Å². The average Bonchev–Trinajstić information content (AvgIpc) is 2.37. The van der Waals surface area contributed by atoms with Crippen LogP contribution in [-0.4, -0.2) is 38.6 Å². The predicted octanol–water partition coefficient (Wildman–Crippen LogP) is 1.32. The van der Waals surface area contributed by atoms with Crippen LogP contribution in [0.1, 0.15) is 17.5 Å². The Hall–Kier alpha value is -0.940. The summed E-state index contributed by atoms with van der Waals surface area (Å²) in [5.41, 5.74) is 2.38. The molecule has 1 rings (SSSR count). The molecular weight excluding hydrogens is 230 g/mol. The summed E-state index contributed by atoms with van der Waals surface area (Å²) < 4.78 is 10.2. The molecule has 18 heavy (non-hydrogen) atoms. The number of aliphatic hydroxyl groups is 1. The summed E-state index contributed by atoms with van der Waals surface area (Å²) >= 11 is 0. The van der Waals surface area contributed by atoms with Crippen molar-refractivity contribution >= 4 is 0 Å². The van der Waals surface area contributed by atoms with E-state index in [1.165, 1.54) is 11.1 Å². The molecule has 0 aliphatic carbocycles. The van der Waals surface area contributed by atoms with Crippen LogP contribution >= 0.6 is 0 Å². The van der Waals surface area contributed by atoms with Gasteiger partial charge in [0.2, 0.25) is 0 Å². The Balaban J connectivity index is 2.47. The van der Waals surface area contributed by atoms with Gasteiger partial charge in [-0.15, -0.1) is 0 Å². The lowest BCUT2D eigenvalue weighted by molar-refractivity contribution is 0.148. The van der Waals surface area contributed by atoms with E-state index in [0.717, 1.165) is 6.54 Å². The van der Waals surface area contributed by atoms with E-state index in [1.807, 2.05) is 12.1 Å². The number of rotatable bonds is 9. The minimum Gasteiger partial charge on any atom is -0.396 e. The fourth-order valence-corrected chi connectivity index (χ4v) is 1.86. The van der Waals surface area contributed by atoms with Crippen molar-refractivity contribution in [1.29, 1.82) is 0 Å². The number of hydrogen-bond donors (Lipinski definition) is 2. The molecule has 2 N–H and O–H groups in total. The first kappa shape index (κ1) is 15.1. The summed E-state index contributed by atoms with van der Waals surface area (Å²) in [6, 6.07) is 8.47. The minimum atomic E-state index is 0.171. The van der Waals surface area contributed by atoms with E-state index < -0.39 is 0 Å². The Morgan fingerprint density at radius 1 is 1.22 bits per heavy atom. The molecule has 0 fully saturated rings. The van der Waals surface area contributed by atoms with Gasteiger partial charge in [0.15, 0.2) is 0 Å². The van der Waals surface area contributed by atoms with Crippen LogP contribution in [0.25, 0.3) is 0 Å². The summed E-state index contributed by atoms with van der Waals surface area (Å²) in [6.07, 6.45) is 0.700. The Morgan fingerprint density at radius 2 is 2.00 bits per heavy atom. The van der Waals surface area contributed by atoms with Crippen molar-refractivity contribution < 1.29 is 14.6 Å². The first-order valence-corrected chi connectivity index (χ1v) is 6.20. The molecule has 0 saturated carbocycles. The highest BCUT2D eigenvalue weighted by molar-refractivity contribution is 5.22. The molecule has 0 saturated heterocycles. The highest BCUT2D eigenvalue weighted by Gasteiger charge is 2.07. The minimum absolute atomic E-state index is 0.171. The first-order chi connectivity index (χ1) is 8.80. The normalized spacial score (nSPS) is 12.6. The van der Waals surface area contributed by atoms with E-state index >= 15 is 0 Å². The Kier molecular flexibility index (Phi) is 7.60. The maximum absolute atomic E-state index is 8.96. The van der Waals surface area contributed by atoms with Crippen LogP contribution < -0.4 is 5.32 Å². The first-order valence-electron chi connectivity index (χ1n) is 6.20. The van der Waals surface area contributed by atoms with E-state index in [-0.39, 0.29) is 12.6 Å². The zero-order chi connectivity index (χ0) is 13.2. The van der Waals surface area contributed by atoms with E-state index in [4.69, 9.17) is 14.6 Å². The van der Waals surface area contributed by atoms with Gasteiger partial charge in [-0.2, -0.15) is 0 Å². The van der Waals surface area contributed by atoms with Crippen LogP contribution in [0.3, 0.4) is 0 Å². The zero-order valence-corrected chi connectivity index (χ0v) is 11.2. The van der Waals surface area contributed by atoms with Gasteiger partial charge in [0, 0.05) is 33.4 Å². The van der Waals surface area contributed by atoms with Crippen molar-refractivity contribution in [1.82, 2.24) is 5.32 Å². The third-order valence-electron chi connectivity index (χ3n) is 2.74. The largest absolute Gasteiger partial charge is 0.396 e. The molecule has 1 aromatic carbocycles. The van der Waals surface area contributed by atoms with Crippen LogP contribution in [0.15, 0.2) is 24.3 Å². The highest BCUT2D eigenvalue weighted by atomic mass is 16.5. The quantitative estimate of drug-likeness (QED) is 0.697. The van der Waals surface area contributed by atoms with Gasteiger partial charge >= 0.3 is 0 Å². The standard InChI is InChI=1S/C14H23NO3/c1-17-10-13-5-3-4-12(8-13)9-15-14(6-7-16)11-18-2/h3-5,8,14-16H,6-7,9-11H2,1-2H3. The molecular formula is C14H23NO3. The van der Waals surface area contributed by atoms with Gasteiger partial charge in [-0.3, -0.25) is 0 Å². The van der Waals surface area contributed by atoms with Crippen molar-refractivity contribution in [3.8, 4) is 0 Å². The van der Waals surface area contributed by atoms with Gasteiger partial charge < -0.3 is 19.9 Å². The molecule has 0 aliphatic heterocycles. The van der Waals surface area contributed by atoms with Crippen molar-refractivity contribution in [2.45, 2.75) is 25.6 Å². The molecule has 0 aliphatic rings. The lowest BCUT2D eigenvalue weighted by Crippen LogP contribution is -2.33. The van der Waals surface area contributed by atoms with Gasteiger partial charge in [-0.25, -0.2) is 0 Å². The van der Waals surface area contributed by atoms with Crippen molar-refractivity contribution in [2.24, 2.45) is 0 Å². The molecule has 1 aromatic rings. The number of nitrogens with one attached hydrogen (secondary N) is 1. The van der Waals surface area contributed by atoms with E-state index in [9.17, 15) is 0 Å². The van der Waals surface area contributed by atoms with Gasteiger partial charge in [0.25, 0.3) is 0 Å². The van der Waals surface area contributed by atoms with Gasteiger partial charge in [0.05, 0.1) is 13.2 Å². The van der Waals surface area contributed by atoms with E-state index in [0.29, 0.717) is 19.6 Å². The maximum Gasteiger partial charge on any atom is 0.0713 e. The van der Waals surface area contributed by atoms with Crippen LogP contribution in [0, 0.1) is 0 Å². The second-order valence-corrected chi connectivity index (χ2v) is 4.30. The molecule has 0 spiro atoms. The predicted molar refractivity (Wildman–Crippen MR) is 71.4 cm³/mol. The lowest BCUT2D eigenvalue weighted by atomic mass is 10.1. The van der Waals surface area contributed by atoms with Gasteiger partial charge in [-0.1, -0.05) is 24.3 Å². The average molecular weight is 253 g/mol. The van der Waals surface area contributed by atoms with Crippen LogP contribution in [0.5, 0.6) is 0 Å². The van der Waals surface area contributed by atoms with E-state index in [1.54, 1.807) is 14.2 Å². The van der Waals surface area contributed by atoms with Crippen LogP contribution in [-0.2, 0) is 22.6 Å². The Bertz CT molecular complexity index is 325. The molecule has 0 amide bonds. The molecule has 4 nitrogen and oxygen atoms in total. The summed E-state index contributed by atoms with van der Waals surface area (Å²) in [5, 5.41) is 12.3. The molecule has 1 atom stereocenters. The summed E-state index contributed by atoms with van der Waals surface area (Å²) in [6.45, 7) is 2.18. The molecule has 0 radical (unpaired) electrons. The van der Waals surface area contributed by atoms with Crippen LogP contribution in [0.2, 0.25) is 0 Å². The number of aliphatic hydroxyl groups excluding tert-OH is 1. The lowest BCUT2D eigenvalue weighted by Gasteiger charge is -2.17. The summed E-state index contributed by atoms with van der Waals surface area (Å²) in [4.78, 5) is 0. The number of benzene rings is 1. The highest BCUT2D eigenvalue weighted by Crippen LogP contribution is 2.07. The van der Waals surface area contributed by atoms with Crippen LogP contribution in [0.4, 0.5) is 0 Å². The van der Waals surface area contributed by atoms with Gasteiger partial charge in [-0.05, 0) is 17.5 Å². The van der Waals surface area contributed by atoms with E-state index in [2.05, 4.69) is 17.4 Å². The Morgan fingerprint density at radius 3 is 2.67 bits per heavy atom. The molecule has 4 heteroatoms. The molecule has 0 aromatic heterocycles. The number of ether oxygens (including phenoxy) is 2. The molecule has 0 heterocycles. The maximum atomic E-state index is 8.96. The monoisotopic (exact) mass is 253 g/mol. The van der Waals surface area contributed by atoms with Crippen molar-refractivity contribution in [2.75, 3.05) is 27.4 Å². The SMILES string of the molecule is COCc1cccc(CNC(CCO)COC)c1. The van der Waals surface area contributed by atoms with Crippen molar-refractivity contribution in [3.05, 3.63) is 35.4 Å².